The molecule has 0 spiro atoms. The van der Waals surface area contributed by atoms with Crippen molar-refractivity contribution in [2.24, 2.45) is 5.10 Å². The van der Waals surface area contributed by atoms with Crippen molar-refractivity contribution in [3.63, 3.8) is 0 Å². The Morgan fingerprint density at radius 1 is 1.18 bits per heavy atom. The summed E-state index contributed by atoms with van der Waals surface area (Å²) in [5.74, 6) is -1.78. The van der Waals surface area contributed by atoms with Crippen LogP contribution in [0.1, 0.15) is 25.0 Å². The van der Waals surface area contributed by atoms with Crippen molar-refractivity contribution in [1.82, 2.24) is 5.43 Å². The van der Waals surface area contributed by atoms with E-state index in [0.717, 1.165) is 18.8 Å². The molecule has 28 heavy (non-hydrogen) atoms. The van der Waals surface area contributed by atoms with E-state index in [0.29, 0.717) is 21.8 Å². The molecule has 2 aromatic carbocycles. The molecule has 0 aliphatic carbocycles. The van der Waals surface area contributed by atoms with Gasteiger partial charge in [-0.25, -0.2) is 5.43 Å². The summed E-state index contributed by atoms with van der Waals surface area (Å²) >= 11 is 5.99. The Labute approximate surface area is 169 Å². The van der Waals surface area contributed by atoms with Gasteiger partial charge in [0.2, 0.25) is 0 Å². The highest BCUT2D eigenvalue weighted by Gasteiger charge is 2.14. The zero-order chi connectivity index (χ0) is 20.7. The van der Waals surface area contributed by atoms with Crippen LogP contribution in [0.15, 0.2) is 41.5 Å². The topological polar surface area (TPSA) is 94.0 Å². The number of carbonyl (C=O) groups is 2. The molecule has 2 amide bonds. The number of hydrogen-bond donors (Lipinski definition) is 3. The summed E-state index contributed by atoms with van der Waals surface area (Å²) in [6, 6.07) is 10.2. The molecule has 0 aliphatic heterocycles. The number of halogens is 1. The predicted octanol–water partition coefficient (Wildman–Crippen LogP) is 3.29. The molecule has 0 aromatic heterocycles. The maximum absolute atomic E-state index is 12.0. The molecule has 0 bridgehead atoms. The number of benzene rings is 2. The molecule has 2 aromatic rings. The third-order valence-corrected chi connectivity index (χ3v) is 4.64. The summed E-state index contributed by atoms with van der Waals surface area (Å²) in [5.41, 5.74) is 4.55. The first-order valence-corrected chi connectivity index (χ1v) is 9.22. The van der Waals surface area contributed by atoms with Gasteiger partial charge in [-0.1, -0.05) is 17.7 Å². The quantitative estimate of drug-likeness (QED) is 0.392. The standard InChI is InChI=1S/C20H23ClN4O3/c1-4-25(5-2)15-10-9-14(18(26)11-15)12-22-24-20(28)19(27)23-17-8-6-7-16(21)13(17)3/h6-12,26H,4-5H2,1-3H3,(H,23,27)(H,24,28)/b22-12+. The maximum atomic E-state index is 12.0. The number of amides is 2. The van der Waals surface area contributed by atoms with Crippen LogP contribution in [0.25, 0.3) is 0 Å². The van der Waals surface area contributed by atoms with E-state index in [9.17, 15) is 14.7 Å². The van der Waals surface area contributed by atoms with Crippen molar-refractivity contribution in [3.8, 4) is 5.75 Å². The van der Waals surface area contributed by atoms with Gasteiger partial charge in [0.1, 0.15) is 5.75 Å². The predicted molar refractivity (Wildman–Crippen MR) is 112 cm³/mol. The van der Waals surface area contributed by atoms with E-state index in [-0.39, 0.29) is 5.75 Å². The molecule has 0 unspecified atom stereocenters. The number of hydrazone groups is 1. The SMILES string of the molecule is CCN(CC)c1ccc(/C=N/NC(=O)C(=O)Nc2cccc(Cl)c2C)c(O)c1. The number of rotatable bonds is 6. The van der Waals surface area contributed by atoms with Gasteiger partial charge in [-0.3, -0.25) is 9.59 Å². The third-order valence-electron chi connectivity index (χ3n) is 4.23. The van der Waals surface area contributed by atoms with E-state index in [1.807, 2.05) is 19.9 Å². The molecule has 0 radical (unpaired) electrons. The molecule has 0 saturated carbocycles. The van der Waals surface area contributed by atoms with Gasteiger partial charge in [0.15, 0.2) is 0 Å². The van der Waals surface area contributed by atoms with E-state index >= 15 is 0 Å². The first kappa shape index (κ1) is 21.2. The molecule has 7 nitrogen and oxygen atoms in total. The number of anilines is 2. The van der Waals surface area contributed by atoms with E-state index in [1.165, 1.54) is 6.21 Å². The lowest BCUT2D eigenvalue weighted by molar-refractivity contribution is -0.136. The van der Waals surface area contributed by atoms with Crippen molar-refractivity contribution >= 4 is 41.0 Å². The summed E-state index contributed by atoms with van der Waals surface area (Å²) in [4.78, 5) is 26.0. The highest BCUT2D eigenvalue weighted by atomic mass is 35.5. The lowest BCUT2D eigenvalue weighted by atomic mass is 10.2. The molecule has 0 saturated heterocycles. The number of hydrogen-bond acceptors (Lipinski definition) is 5. The van der Waals surface area contributed by atoms with Crippen LogP contribution in [0.5, 0.6) is 5.75 Å². The summed E-state index contributed by atoms with van der Waals surface area (Å²) in [6.07, 6.45) is 1.27. The number of nitrogens with zero attached hydrogens (tertiary/aromatic N) is 2. The second-order valence-electron chi connectivity index (χ2n) is 5.98. The van der Waals surface area contributed by atoms with Crippen LogP contribution in [-0.2, 0) is 9.59 Å². The van der Waals surface area contributed by atoms with Gasteiger partial charge in [-0.15, -0.1) is 0 Å². The molecule has 0 atom stereocenters. The van der Waals surface area contributed by atoms with Crippen molar-refractivity contribution < 1.29 is 14.7 Å². The van der Waals surface area contributed by atoms with Crippen molar-refractivity contribution in [3.05, 3.63) is 52.5 Å². The lowest BCUT2D eigenvalue weighted by Crippen LogP contribution is -2.32. The summed E-state index contributed by atoms with van der Waals surface area (Å²) in [6.45, 7) is 7.43. The molecule has 148 valence electrons. The van der Waals surface area contributed by atoms with Crippen LogP contribution in [0, 0.1) is 6.92 Å². The minimum absolute atomic E-state index is 0.0291. The van der Waals surface area contributed by atoms with Crippen LogP contribution in [0.3, 0.4) is 0 Å². The Morgan fingerprint density at radius 3 is 2.54 bits per heavy atom. The molecular weight excluding hydrogens is 380 g/mol. The monoisotopic (exact) mass is 402 g/mol. The molecule has 0 aliphatic rings. The van der Waals surface area contributed by atoms with Crippen molar-refractivity contribution in [2.75, 3.05) is 23.3 Å². The second-order valence-corrected chi connectivity index (χ2v) is 6.39. The number of aromatic hydroxyl groups is 1. The van der Waals surface area contributed by atoms with Crippen LogP contribution >= 0.6 is 11.6 Å². The van der Waals surface area contributed by atoms with Crippen molar-refractivity contribution in [1.29, 1.82) is 0 Å². The normalized spacial score (nSPS) is 10.7. The maximum Gasteiger partial charge on any atom is 0.329 e. The van der Waals surface area contributed by atoms with Gasteiger partial charge < -0.3 is 15.3 Å². The summed E-state index contributed by atoms with van der Waals surface area (Å²) in [7, 11) is 0. The average Bonchev–Trinajstić information content (AvgIpc) is 2.67. The average molecular weight is 403 g/mol. The molecule has 8 heteroatoms. The second kappa shape index (κ2) is 9.75. The van der Waals surface area contributed by atoms with E-state index in [4.69, 9.17) is 11.6 Å². The number of phenolic OH excluding ortho intramolecular Hbond substituents is 1. The Kier molecular flexibility index (Phi) is 7.40. The number of nitrogens with one attached hydrogen (secondary N) is 2. The molecule has 3 N–H and O–H groups in total. The zero-order valence-electron chi connectivity index (χ0n) is 16.0. The fraction of sp³-hybridized carbons (Fsp3) is 0.250. The highest BCUT2D eigenvalue weighted by Crippen LogP contribution is 2.24. The van der Waals surface area contributed by atoms with Gasteiger partial charge in [0, 0.05) is 41.1 Å². The Bertz CT molecular complexity index is 895. The Balaban J connectivity index is 1.99. The fourth-order valence-electron chi connectivity index (χ4n) is 2.56. The smallest absolute Gasteiger partial charge is 0.329 e. The minimum Gasteiger partial charge on any atom is -0.507 e. The highest BCUT2D eigenvalue weighted by molar-refractivity contribution is 6.40. The fourth-order valence-corrected chi connectivity index (χ4v) is 2.73. The molecule has 2 rings (SSSR count). The lowest BCUT2D eigenvalue weighted by Gasteiger charge is -2.21. The van der Waals surface area contributed by atoms with Gasteiger partial charge in [-0.2, -0.15) is 5.10 Å². The molecular formula is C20H23ClN4O3. The first-order chi connectivity index (χ1) is 13.4. The van der Waals surface area contributed by atoms with E-state index in [1.54, 1.807) is 37.3 Å². The first-order valence-electron chi connectivity index (χ1n) is 8.84. The Hall–Kier alpha value is -3.06. The molecule has 0 fully saturated rings. The van der Waals surface area contributed by atoms with E-state index < -0.39 is 11.8 Å². The van der Waals surface area contributed by atoms with Crippen LogP contribution < -0.4 is 15.6 Å². The van der Waals surface area contributed by atoms with Gasteiger partial charge in [-0.05, 0) is 50.6 Å². The minimum atomic E-state index is -0.935. The summed E-state index contributed by atoms with van der Waals surface area (Å²) < 4.78 is 0. The Morgan fingerprint density at radius 2 is 1.89 bits per heavy atom. The van der Waals surface area contributed by atoms with Crippen LogP contribution in [0.2, 0.25) is 5.02 Å². The van der Waals surface area contributed by atoms with Crippen LogP contribution in [0.4, 0.5) is 11.4 Å². The van der Waals surface area contributed by atoms with Crippen LogP contribution in [-0.4, -0.2) is 36.2 Å². The summed E-state index contributed by atoms with van der Waals surface area (Å²) in [5, 5.41) is 16.8. The van der Waals surface area contributed by atoms with Gasteiger partial charge in [0.05, 0.1) is 6.21 Å². The number of phenols is 1. The van der Waals surface area contributed by atoms with E-state index in [2.05, 4.69) is 20.7 Å². The number of carbonyl (C=O) groups excluding carboxylic acids is 2. The van der Waals surface area contributed by atoms with Gasteiger partial charge in [0.25, 0.3) is 0 Å². The zero-order valence-corrected chi connectivity index (χ0v) is 16.7. The third kappa shape index (κ3) is 5.23. The van der Waals surface area contributed by atoms with Crippen molar-refractivity contribution in [2.45, 2.75) is 20.8 Å². The largest absolute Gasteiger partial charge is 0.507 e. The van der Waals surface area contributed by atoms with Gasteiger partial charge >= 0.3 is 11.8 Å². The molecule has 0 heterocycles.